The molecule has 0 aliphatic heterocycles. The Morgan fingerprint density at radius 1 is 0.344 bits per heavy atom. The Morgan fingerprint density at radius 3 is 1.44 bits per heavy atom. The van der Waals surface area contributed by atoms with Gasteiger partial charge < -0.3 is 13.6 Å². The van der Waals surface area contributed by atoms with Crippen LogP contribution in [0.2, 0.25) is 0 Å². The molecule has 61 heavy (non-hydrogen) atoms. The number of furan rings is 1. The van der Waals surface area contributed by atoms with Crippen molar-refractivity contribution >= 4 is 76.6 Å². The van der Waals surface area contributed by atoms with Gasteiger partial charge in [0.05, 0.1) is 39.0 Å². The van der Waals surface area contributed by atoms with Crippen LogP contribution in [0.3, 0.4) is 0 Å². The van der Waals surface area contributed by atoms with Gasteiger partial charge in [-0.2, -0.15) is 0 Å². The average molecular weight is 780 g/mol. The zero-order valence-electron chi connectivity index (χ0n) is 32.7. The molecular formula is C55H33N5O. The number of rotatable bonds is 5. The summed E-state index contributed by atoms with van der Waals surface area (Å²) in [6.07, 6.45) is 0. The van der Waals surface area contributed by atoms with Crippen LogP contribution in [-0.4, -0.2) is 24.1 Å². The third-order valence-corrected chi connectivity index (χ3v) is 12.1. The minimum absolute atomic E-state index is 0.653. The molecule has 0 amide bonds. The summed E-state index contributed by atoms with van der Waals surface area (Å²) in [6.45, 7) is 0. The fourth-order valence-electron chi connectivity index (χ4n) is 9.32. The van der Waals surface area contributed by atoms with Crippen molar-refractivity contribution in [2.24, 2.45) is 0 Å². The second kappa shape index (κ2) is 13.1. The van der Waals surface area contributed by atoms with E-state index in [9.17, 15) is 0 Å². The molecule has 8 aromatic carbocycles. The number of nitrogens with zero attached hydrogens (tertiary/aromatic N) is 5. The van der Waals surface area contributed by atoms with Gasteiger partial charge in [-0.25, -0.2) is 15.0 Å². The van der Waals surface area contributed by atoms with E-state index in [-0.39, 0.29) is 0 Å². The first-order chi connectivity index (χ1) is 30.2. The van der Waals surface area contributed by atoms with Crippen LogP contribution in [0.5, 0.6) is 0 Å². The number of hydrogen-bond donors (Lipinski definition) is 0. The lowest BCUT2D eigenvalue weighted by Gasteiger charge is -2.16. The second-order valence-electron chi connectivity index (χ2n) is 15.6. The fraction of sp³-hybridized carbons (Fsp3) is 0. The second-order valence-corrected chi connectivity index (χ2v) is 15.6. The molecular weight excluding hydrogens is 747 g/mol. The highest BCUT2D eigenvalue weighted by Crippen LogP contribution is 2.39. The molecule has 0 fully saturated rings. The van der Waals surface area contributed by atoms with Crippen molar-refractivity contribution in [1.29, 1.82) is 0 Å². The molecule has 0 saturated heterocycles. The van der Waals surface area contributed by atoms with Crippen LogP contribution in [0.4, 0.5) is 0 Å². The quantitative estimate of drug-likeness (QED) is 0.175. The molecule has 0 aliphatic carbocycles. The van der Waals surface area contributed by atoms with Gasteiger partial charge in [0.25, 0.3) is 0 Å². The number of benzene rings is 8. The Balaban J connectivity index is 1.08. The van der Waals surface area contributed by atoms with E-state index in [1.165, 1.54) is 21.5 Å². The average Bonchev–Trinajstić information content (AvgIpc) is 3.98. The van der Waals surface area contributed by atoms with Gasteiger partial charge in [-0.05, 0) is 78.9 Å². The first-order valence-corrected chi connectivity index (χ1v) is 20.5. The lowest BCUT2D eigenvalue weighted by molar-refractivity contribution is 0.669. The zero-order valence-corrected chi connectivity index (χ0v) is 32.7. The summed E-state index contributed by atoms with van der Waals surface area (Å²) < 4.78 is 11.0. The number of aromatic nitrogens is 5. The van der Waals surface area contributed by atoms with E-state index >= 15 is 0 Å². The van der Waals surface area contributed by atoms with E-state index < -0.39 is 0 Å². The highest BCUT2D eigenvalue weighted by molar-refractivity contribution is 6.11. The van der Waals surface area contributed by atoms with E-state index in [0.717, 1.165) is 94.5 Å². The maximum Gasteiger partial charge on any atom is 0.160 e. The van der Waals surface area contributed by atoms with Crippen LogP contribution in [0.25, 0.3) is 122 Å². The summed E-state index contributed by atoms with van der Waals surface area (Å²) in [5.41, 5.74) is 14.5. The zero-order chi connectivity index (χ0) is 40.0. The van der Waals surface area contributed by atoms with E-state index in [4.69, 9.17) is 19.4 Å². The summed E-state index contributed by atoms with van der Waals surface area (Å²) >= 11 is 0. The first-order valence-electron chi connectivity index (χ1n) is 20.5. The van der Waals surface area contributed by atoms with Crippen LogP contribution in [-0.2, 0) is 0 Å². The van der Waals surface area contributed by atoms with Crippen molar-refractivity contribution in [1.82, 2.24) is 24.1 Å². The van der Waals surface area contributed by atoms with Crippen LogP contribution < -0.4 is 0 Å². The normalized spacial score (nSPS) is 11.9. The molecule has 5 aromatic heterocycles. The molecule has 0 N–H and O–H groups in total. The molecule has 6 nitrogen and oxygen atoms in total. The van der Waals surface area contributed by atoms with Gasteiger partial charge in [0.15, 0.2) is 11.4 Å². The van der Waals surface area contributed by atoms with E-state index in [1.54, 1.807) is 0 Å². The van der Waals surface area contributed by atoms with Gasteiger partial charge in [0.2, 0.25) is 0 Å². The molecule has 0 spiro atoms. The molecule has 0 aliphatic rings. The predicted octanol–water partition coefficient (Wildman–Crippen LogP) is 14.1. The van der Waals surface area contributed by atoms with E-state index in [1.807, 2.05) is 36.4 Å². The summed E-state index contributed by atoms with van der Waals surface area (Å²) in [7, 11) is 0. The van der Waals surface area contributed by atoms with Gasteiger partial charge in [-0.15, -0.1) is 0 Å². The molecule has 5 heterocycles. The minimum atomic E-state index is 0.653. The topological polar surface area (TPSA) is 61.7 Å². The molecule has 0 saturated carbocycles. The molecule has 0 radical (unpaired) electrons. The first kappa shape index (κ1) is 33.6. The van der Waals surface area contributed by atoms with E-state index in [0.29, 0.717) is 5.82 Å². The summed E-state index contributed by atoms with van der Waals surface area (Å²) in [6, 6.07) is 70.4. The number of hydrogen-bond acceptors (Lipinski definition) is 4. The van der Waals surface area contributed by atoms with Gasteiger partial charge in [0, 0.05) is 60.4 Å². The van der Waals surface area contributed by atoms with E-state index in [2.05, 4.69) is 173 Å². The maximum atomic E-state index is 6.26. The molecule has 0 atom stereocenters. The molecule has 13 rings (SSSR count). The van der Waals surface area contributed by atoms with Gasteiger partial charge in [-0.3, -0.25) is 0 Å². The summed E-state index contributed by atoms with van der Waals surface area (Å²) in [5, 5.41) is 6.84. The molecule has 0 unspecified atom stereocenters. The van der Waals surface area contributed by atoms with Gasteiger partial charge in [-0.1, -0.05) is 121 Å². The van der Waals surface area contributed by atoms with Crippen LogP contribution >= 0.6 is 0 Å². The maximum absolute atomic E-state index is 6.26. The van der Waals surface area contributed by atoms with Crippen molar-refractivity contribution in [2.75, 3.05) is 0 Å². The number of fused-ring (bicyclic) bond motifs is 10. The summed E-state index contributed by atoms with van der Waals surface area (Å²) in [5.74, 6) is 0.653. The standard InChI is InChI=1S/C55H33N5O/c1-2-14-34(15-3-1)55-57-46(35-26-27-45-36(28-35)31-53-54(56-45)44-20-8-13-25-52(44)61-53)33-47(58-55)37-29-38(59-48-21-9-4-16-40(48)41-17-5-10-22-49(41)59)32-39(30-37)60-50-23-11-6-18-42(50)43-19-7-12-24-51(43)60/h1-33H. The van der Waals surface area contributed by atoms with Crippen molar-refractivity contribution in [3.63, 3.8) is 0 Å². The highest BCUT2D eigenvalue weighted by Gasteiger charge is 2.19. The third kappa shape index (κ3) is 5.26. The molecule has 13 aromatic rings. The third-order valence-electron chi connectivity index (χ3n) is 12.1. The largest absolute Gasteiger partial charge is 0.454 e. The van der Waals surface area contributed by atoms with Gasteiger partial charge >= 0.3 is 0 Å². The predicted molar refractivity (Wildman–Crippen MR) is 250 cm³/mol. The molecule has 6 heteroatoms. The molecule has 0 bridgehead atoms. The van der Waals surface area contributed by atoms with Crippen LogP contribution in [0.1, 0.15) is 0 Å². The highest BCUT2D eigenvalue weighted by atomic mass is 16.3. The lowest BCUT2D eigenvalue weighted by Crippen LogP contribution is -2.01. The number of para-hydroxylation sites is 5. The summed E-state index contributed by atoms with van der Waals surface area (Å²) in [4.78, 5) is 15.7. The van der Waals surface area contributed by atoms with Crippen molar-refractivity contribution in [2.45, 2.75) is 0 Å². The number of pyridine rings is 1. The Bertz CT molecular complexity index is 3650. The molecule has 284 valence electrons. The Kier molecular flexibility index (Phi) is 7.21. The smallest absolute Gasteiger partial charge is 0.160 e. The Labute approximate surface area is 349 Å². The Hall–Kier alpha value is -8.35. The fourth-order valence-corrected chi connectivity index (χ4v) is 9.32. The SMILES string of the molecule is c1ccc(-c2nc(-c3cc(-n4c5ccccc5c5ccccc54)cc(-n4c5ccccc5c5ccccc54)c3)cc(-c3ccc4nc5c(cc4c3)oc3ccccc35)n2)cc1. The van der Waals surface area contributed by atoms with Crippen molar-refractivity contribution in [3.05, 3.63) is 200 Å². The minimum Gasteiger partial charge on any atom is -0.454 e. The monoisotopic (exact) mass is 779 g/mol. The van der Waals surface area contributed by atoms with Crippen molar-refractivity contribution in [3.8, 4) is 45.3 Å². The van der Waals surface area contributed by atoms with Crippen molar-refractivity contribution < 1.29 is 4.42 Å². The Morgan fingerprint density at radius 2 is 0.852 bits per heavy atom. The lowest BCUT2D eigenvalue weighted by atomic mass is 10.0. The van der Waals surface area contributed by atoms with Crippen LogP contribution in [0, 0.1) is 0 Å². The van der Waals surface area contributed by atoms with Crippen LogP contribution in [0.15, 0.2) is 205 Å². The van der Waals surface area contributed by atoms with Gasteiger partial charge in [0.1, 0.15) is 11.1 Å².